The van der Waals surface area contributed by atoms with Crippen LogP contribution in [0, 0.1) is 6.92 Å². The van der Waals surface area contributed by atoms with Crippen LogP contribution in [-0.2, 0) is 4.79 Å². The van der Waals surface area contributed by atoms with Crippen molar-refractivity contribution >= 4 is 11.7 Å². The van der Waals surface area contributed by atoms with Gasteiger partial charge in [-0.05, 0) is 25.5 Å². The van der Waals surface area contributed by atoms with Crippen molar-refractivity contribution in [3.05, 3.63) is 28.2 Å². The normalized spacial score (nSPS) is 12.4. The number of carboxylic acids is 1. The monoisotopic (exact) mass is 210 g/mol. The number of carboxylic acid groups (broad SMARTS) is 1. The van der Waals surface area contributed by atoms with Gasteiger partial charge < -0.3 is 10.8 Å². The Kier molecular flexibility index (Phi) is 3.14. The lowest BCUT2D eigenvalue weighted by molar-refractivity contribution is -0.141. The van der Waals surface area contributed by atoms with Crippen molar-refractivity contribution in [2.75, 3.05) is 5.73 Å². The number of hydrogen-bond acceptors (Lipinski definition) is 3. The van der Waals surface area contributed by atoms with Crippen molar-refractivity contribution < 1.29 is 9.90 Å². The largest absolute Gasteiger partial charge is 0.480 e. The van der Waals surface area contributed by atoms with Gasteiger partial charge in [0.05, 0.1) is 5.69 Å². The highest BCUT2D eigenvalue weighted by atomic mass is 16.4. The van der Waals surface area contributed by atoms with E-state index in [2.05, 4.69) is 0 Å². The molecule has 0 bridgehead atoms. The Hall–Kier alpha value is -1.78. The minimum atomic E-state index is -1.02. The second-order valence-corrected chi connectivity index (χ2v) is 3.37. The number of aromatic nitrogens is 1. The Morgan fingerprint density at radius 3 is 2.67 bits per heavy atom. The number of hydrogen-bond donors (Lipinski definition) is 2. The summed E-state index contributed by atoms with van der Waals surface area (Å²) in [5.74, 6) is -1.02. The Bertz CT molecular complexity index is 437. The molecule has 0 saturated heterocycles. The van der Waals surface area contributed by atoms with Crippen LogP contribution in [0.2, 0.25) is 0 Å². The lowest BCUT2D eigenvalue weighted by Gasteiger charge is -2.16. The average Bonchev–Trinajstić information content (AvgIpc) is 2.18. The Labute approximate surface area is 87.1 Å². The van der Waals surface area contributed by atoms with Gasteiger partial charge in [-0.2, -0.15) is 0 Å². The first-order chi connectivity index (χ1) is 6.99. The van der Waals surface area contributed by atoms with Crippen LogP contribution in [0.25, 0.3) is 0 Å². The van der Waals surface area contributed by atoms with Gasteiger partial charge in [0.2, 0.25) is 0 Å². The number of rotatable bonds is 3. The third-order valence-corrected chi connectivity index (χ3v) is 2.33. The lowest BCUT2D eigenvalue weighted by atomic mass is 10.2. The van der Waals surface area contributed by atoms with Gasteiger partial charge in [-0.3, -0.25) is 9.36 Å². The number of carbonyl (C=O) groups is 1. The first-order valence-electron chi connectivity index (χ1n) is 4.69. The van der Waals surface area contributed by atoms with E-state index in [-0.39, 0.29) is 5.69 Å². The minimum absolute atomic E-state index is 0.0697. The number of nitrogens with zero attached hydrogens (tertiary/aromatic N) is 1. The van der Waals surface area contributed by atoms with E-state index in [4.69, 9.17) is 10.8 Å². The molecule has 0 aliphatic carbocycles. The highest BCUT2D eigenvalue weighted by Gasteiger charge is 2.20. The Morgan fingerprint density at radius 2 is 2.20 bits per heavy atom. The van der Waals surface area contributed by atoms with Gasteiger partial charge in [0, 0.05) is 5.69 Å². The Morgan fingerprint density at radius 1 is 1.60 bits per heavy atom. The molecule has 1 rings (SSSR count). The summed E-state index contributed by atoms with van der Waals surface area (Å²) in [6, 6.07) is 2.28. The van der Waals surface area contributed by atoms with E-state index >= 15 is 0 Å². The quantitative estimate of drug-likeness (QED) is 0.771. The second kappa shape index (κ2) is 4.16. The molecule has 82 valence electrons. The fourth-order valence-corrected chi connectivity index (χ4v) is 1.52. The van der Waals surface area contributed by atoms with Crippen LogP contribution in [0.3, 0.4) is 0 Å². The smallest absolute Gasteiger partial charge is 0.326 e. The van der Waals surface area contributed by atoms with E-state index in [0.717, 1.165) is 0 Å². The molecule has 3 N–H and O–H groups in total. The van der Waals surface area contributed by atoms with Crippen molar-refractivity contribution in [3.8, 4) is 0 Å². The molecule has 0 spiro atoms. The molecule has 1 atom stereocenters. The maximum atomic E-state index is 11.7. The maximum Gasteiger partial charge on any atom is 0.326 e. The first-order valence-corrected chi connectivity index (χ1v) is 4.69. The molecule has 0 aliphatic rings. The summed E-state index contributed by atoms with van der Waals surface area (Å²) in [4.78, 5) is 22.6. The van der Waals surface area contributed by atoms with Gasteiger partial charge in [0.1, 0.15) is 6.04 Å². The zero-order valence-electron chi connectivity index (χ0n) is 8.73. The Balaban J connectivity index is 3.41. The molecular formula is C10H14N2O3. The number of pyridine rings is 1. The van der Waals surface area contributed by atoms with Crippen LogP contribution >= 0.6 is 0 Å². The summed E-state index contributed by atoms with van der Waals surface area (Å²) in [5.41, 5.74) is 5.69. The summed E-state index contributed by atoms with van der Waals surface area (Å²) >= 11 is 0. The lowest BCUT2D eigenvalue weighted by Crippen LogP contribution is -2.32. The molecule has 0 radical (unpaired) electrons. The van der Waals surface area contributed by atoms with E-state index < -0.39 is 17.6 Å². The minimum Gasteiger partial charge on any atom is -0.480 e. The molecule has 1 aromatic heterocycles. The average molecular weight is 210 g/mol. The van der Waals surface area contributed by atoms with Crippen molar-refractivity contribution in [1.29, 1.82) is 0 Å². The number of aliphatic carboxylic acids is 1. The van der Waals surface area contributed by atoms with Crippen molar-refractivity contribution in [3.63, 3.8) is 0 Å². The topological polar surface area (TPSA) is 85.3 Å². The van der Waals surface area contributed by atoms with Gasteiger partial charge in [-0.25, -0.2) is 4.79 Å². The summed E-state index contributed by atoms with van der Waals surface area (Å²) in [6.07, 6.45) is 0.347. The molecule has 1 unspecified atom stereocenters. The van der Waals surface area contributed by atoms with Crippen molar-refractivity contribution in [1.82, 2.24) is 4.57 Å². The van der Waals surface area contributed by atoms with E-state index in [1.165, 1.54) is 10.6 Å². The van der Waals surface area contributed by atoms with E-state index in [1.54, 1.807) is 19.9 Å². The molecule has 0 amide bonds. The van der Waals surface area contributed by atoms with E-state index in [9.17, 15) is 9.59 Å². The van der Waals surface area contributed by atoms with Crippen LogP contribution in [0.1, 0.15) is 25.1 Å². The molecule has 15 heavy (non-hydrogen) atoms. The number of anilines is 1. The van der Waals surface area contributed by atoms with E-state index in [1.807, 2.05) is 0 Å². The predicted octanol–water partition coefficient (Wildman–Crippen LogP) is 0.775. The standard InChI is InChI=1S/C10H14N2O3/c1-3-8(10(14)15)12-6(2)4-5-7(11)9(12)13/h4-5,8H,3,11H2,1-2H3,(H,14,15). The number of aryl methyl sites for hydroxylation is 1. The summed E-state index contributed by atoms with van der Waals surface area (Å²) in [6.45, 7) is 3.40. The van der Waals surface area contributed by atoms with Gasteiger partial charge in [-0.1, -0.05) is 6.92 Å². The van der Waals surface area contributed by atoms with Gasteiger partial charge >= 0.3 is 5.97 Å². The zero-order valence-corrected chi connectivity index (χ0v) is 8.73. The second-order valence-electron chi connectivity index (χ2n) is 3.37. The zero-order chi connectivity index (χ0) is 11.6. The molecule has 0 fully saturated rings. The summed E-state index contributed by atoms with van der Waals surface area (Å²) < 4.78 is 1.22. The van der Waals surface area contributed by atoms with Crippen LogP contribution in [0.4, 0.5) is 5.69 Å². The fraction of sp³-hybridized carbons (Fsp3) is 0.400. The number of nitrogens with two attached hydrogens (primary N) is 1. The first kappa shape index (κ1) is 11.3. The molecule has 1 heterocycles. The maximum absolute atomic E-state index is 11.7. The summed E-state index contributed by atoms with van der Waals surface area (Å²) in [7, 11) is 0. The van der Waals surface area contributed by atoms with Gasteiger partial charge in [0.25, 0.3) is 5.56 Å². The SMILES string of the molecule is CCC(C(=O)O)n1c(C)ccc(N)c1=O. The summed E-state index contributed by atoms with van der Waals surface area (Å²) in [5, 5.41) is 8.97. The van der Waals surface area contributed by atoms with Crippen LogP contribution < -0.4 is 11.3 Å². The molecule has 0 aliphatic heterocycles. The highest BCUT2D eigenvalue weighted by Crippen LogP contribution is 2.12. The highest BCUT2D eigenvalue weighted by molar-refractivity contribution is 5.72. The van der Waals surface area contributed by atoms with Crippen molar-refractivity contribution in [2.45, 2.75) is 26.3 Å². The molecule has 5 nitrogen and oxygen atoms in total. The molecular weight excluding hydrogens is 196 g/mol. The van der Waals surface area contributed by atoms with E-state index in [0.29, 0.717) is 12.1 Å². The van der Waals surface area contributed by atoms with Gasteiger partial charge in [-0.15, -0.1) is 0 Å². The third-order valence-electron chi connectivity index (χ3n) is 2.33. The molecule has 1 aromatic rings. The predicted molar refractivity (Wildman–Crippen MR) is 56.8 cm³/mol. The van der Waals surface area contributed by atoms with Crippen LogP contribution in [0.15, 0.2) is 16.9 Å². The van der Waals surface area contributed by atoms with Gasteiger partial charge in [0.15, 0.2) is 0 Å². The molecule has 5 heteroatoms. The van der Waals surface area contributed by atoms with Crippen LogP contribution in [0.5, 0.6) is 0 Å². The molecule has 0 saturated carbocycles. The number of nitrogen functional groups attached to an aromatic ring is 1. The van der Waals surface area contributed by atoms with Crippen LogP contribution in [-0.4, -0.2) is 15.6 Å². The fourth-order valence-electron chi connectivity index (χ4n) is 1.52. The molecule has 0 aromatic carbocycles. The van der Waals surface area contributed by atoms with Crippen molar-refractivity contribution in [2.24, 2.45) is 0 Å². The third kappa shape index (κ3) is 2.01.